The molecule has 2 saturated carbocycles. The van der Waals surface area contributed by atoms with E-state index in [4.69, 9.17) is 19.5 Å². The van der Waals surface area contributed by atoms with Crippen molar-refractivity contribution in [1.29, 1.82) is 10.5 Å². The summed E-state index contributed by atoms with van der Waals surface area (Å²) >= 11 is 0. The van der Waals surface area contributed by atoms with E-state index in [1.165, 1.54) is 0 Å². The van der Waals surface area contributed by atoms with E-state index in [9.17, 15) is 10.1 Å². The van der Waals surface area contributed by atoms with Gasteiger partial charge in [0.2, 0.25) is 0 Å². The van der Waals surface area contributed by atoms with Crippen LogP contribution in [0.2, 0.25) is 0 Å². The van der Waals surface area contributed by atoms with E-state index >= 15 is 0 Å². The Bertz CT molecular complexity index is 981. The first kappa shape index (κ1) is 45.7. The standard InChI is InChI=1S/C18H33NO2.C16H27NO.C4H10O.CH4/c1-11(10-19)14(4)17(7)15(5)12(2)13(3)16(6)18(17,20-8)21-9;1-9(8-17)13(5)16(7)14(6)11(3)10(2)12(4)15(16)18;1-4(2)5-3;/h11-16H,1-9H3;9-14H,1-7H3;4H,1-3H3;1H4. The molecule has 2 aliphatic rings. The van der Waals surface area contributed by atoms with E-state index in [0.29, 0.717) is 47.4 Å². The Balaban J connectivity index is 0. The molecule has 14 unspecified atom stereocenters. The lowest BCUT2D eigenvalue weighted by Crippen LogP contribution is -2.67. The van der Waals surface area contributed by atoms with Crippen LogP contribution in [0.25, 0.3) is 0 Å². The number of Topliss-reactive ketones (excluding diaryl/α,β-unsaturated/α-hetero) is 1. The summed E-state index contributed by atoms with van der Waals surface area (Å²) in [4.78, 5) is 12.8. The molecule has 0 saturated heterocycles. The van der Waals surface area contributed by atoms with E-state index in [-0.39, 0.29) is 53.8 Å². The highest BCUT2D eigenvalue weighted by Crippen LogP contribution is 2.61. The lowest BCUT2D eigenvalue weighted by molar-refractivity contribution is -0.355. The summed E-state index contributed by atoms with van der Waals surface area (Å²) in [5.41, 5.74) is -0.572. The molecule has 2 rings (SSSR count). The van der Waals surface area contributed by atoms with Gasteiger partial charge in [-0.3, -0.25) is 4.79 Å². The molecular formula is C39H74N2O4. The van der Waals surface area contributed by atoms with Crippen molar-refractivity contribution in [3.63, 3.8) is 0 Å². The Labute approximate surface area is 280 Å². The van der Waals surface area contributed by atoms with Gasteiger partial charge in [0.1, 0.15) is 5.78 Å². The number of rotatable bonds is 7. The first-order valence-corrected chi connectivity index (χ1v) is 17.1. The molecule has 0 spiro atoms. The first-order chi connectivity index (χ1) is 20.1. The molecule has 6 nitrogen and oxygen atoms in total. The maximum Gasteiger partial charge on any atom is 0.176 e. The third-order valence-electron chi connectivity index (χ3n) is 13.9. The average Bonchev–Trinajstić information content (AvgIpc) is 3.03. The summed E-state index contributed by atoms with van der Waals surface area (Å²) in [6.45, 7) is 34.3. The number of nitriles is 2. The summed E-state index contributed by atoms with van der Waals surface area (Å²) in [6, 6.07) is 4.74. The van der Waals surface area contributed by atoms with Gasteiger partial charge >= 0.3 is 0 Å². The zero-order valence-electron chi connectivity index (χ0n) is 32.0. The fourth-order valence-corrected chi connectivity index (χ4v) is 8.55. The third-order valence-corrected chi connectivity index (χ3v) is 13.9. The van der Waals surface area contributed by atoms with E-state index in [0.717, 1.165) is 0 Å². The van der Waals surface area contributed by atoms with Gasteiger partial charge < -0.3 is 14.2 Å². The highest BCUT2D eigenvalue weighted by Gasteiger charge is 2.64. The number of nitrogens with zero attached hydrogens (tertiary/aromatic N) is 2. The predicted octanol–water partition coefficient (Wildman–Crippen LogP) is 9.93. The van der Waals surface area contributed by atoms with Gasteiger partial charge in [0.15, 0.2) is 5.79 Å². The molecular weight excluding hydrogens is 560 g/mol. The number of methoxy groups -OCH3 is 3. The van der Waals surface area contributed by atoms with Gasteiger partial charge in [0.25, 0.3) is 0 Å². The normalized spacial score (nSPS) is 38.4. The zero-order chi connectivity index (χ0) is 35.1. The lowest BCUT2D eigenvalue weighted by Gasteiger charge is -2.63. The molecule has 6 heteroatoms. The molecule has 0 aliphatic heterocycles. The Morgan fingerprint density at radius 3 is 1.36 bits per heavy atom. The number of ether oxygens (including phenoxy) is 3. The van der Waals surface area contributed by atoms with E-state index < -0.39 is 5.79 Å². The van der Waals surface area contributed by atoms with E-state index in [2.05, 4.69) is 95.2 Å². The fourth-order valence-electron chi connectivity index (χ4n) is 8.55. The van der Waals surface area contributed by atoms with Crippen LogP contribution in [0.1, 0.15) is 118 Å². The van der Waals surface area contributed by atoms with Crippen molar-refractivity contribution < 1.29 is 19.0 Å². The summed E-state index contributed by atoms with van der Waals surface area (Å²) in [5, 5.41) is 18.5. The monoisotopic (exact) mass is 635 g/mol. The molecule has 0 aromatic heterocycles. The molecule has 0 amide bonds. The molecule has 2 aliphatic carbocycles. The second-order valence-corrected chi connectivity index (χ2v) is 15.3. The van der Waals surface area contributed by atoms with Gasteiger partial charge in [-0.15, -0.1) is 0 Å². The summed E-state index contributed by atoms with van der Waals surface area (Å²) in [5.74, 6) is 3.07. The van der Waals surface area contributed by atoms with Crippen molar-refractivity contribution >= 4 is 5.78 Å². The number of carbonyl (C=O) groups is 1. The quantitative estimate of drug-likeness (QED) is 0.259. The van der Waals surface area contributed by atoms with Crippen molar-refractivity contribution in [3.05, 3.63) is 0 Å². The molecule has 0 radical (unpaired) electrons. The third kappa shape index (κ3) is 8.34. The first-order valence-electron chi connectivity index (χ1n) is 17.1. The fraction of sp³-hybridized carbons (Fsp3) is 0.923. The second kappa shape index (κ2) is 18.2. The molecule has 0 heterocycles. The Morgan fingerprint density at radius 1 is 0.644 bits per heavy atom. The maximum absolute atomic E-state index is 12.8. The summed E-state index contributed by atoms with van der Waals surface area (Å²) in [7, 11) is 5.19. The zero-order valence-corrected chi connectivity index (χ0v) is 32.0. The molecule has 45 heavy (non-hydrogen) atoms. The van der Waals surface area contributed by atoms with Crippen LogP contribution in [0.4, 0.5) is 0 Å². The highest BCUT2D eigenvalue weighted by atomic mass is 16.7. The largest absolute Gasteiger partial charge is 0.382 e. The Kier molecular flexibility index (Phi) is 18.4. The average molecular weight is 635 g/mol. The molecule has 264 valence electrons. The smallest absolute Gasteiger partial charge is 0.176 e. The van der Waals surface area contributed by atoms with Crippen LogP contribution in [-0.2, 0) is 19.0 Å². The molecule has 0 aromatic carbocycles. The van der Waals surface area contributed by atoms with Crippen LogP contribution >= 0.6 is 0 Å². The van der Waals surface area contributed by atoms with Crippen LogP contribution in [0, 0.1) is 105 Å². The predicted molar refractivity (Wildman–Crippen MR) is 188 cm³/mol. The molecule has 0 aromatic rings. The van der Waals surface area contributed by atoms with Crippen LogP contribution in [-0.4, -0.2) is 39.0 Å². The molecule has 0 bridgehead atoms. The van der Waals surface area contributed by atoms with Crippen molar-refractivity contribution in [2.24, 2.45) is 81.8 Å². The Hall–Kier alpha value is -1.47. The van der Waals surface area contributed by atoms with Gasteiger partial charge in [0, 0.05) is 55.8 Å². The molecule has 14 atom stereocenters. The van der Waals surface area contributed by atoms with Gasteiger partial charge in [-0.25, -0.2) is 0 Å². The van der Waals surface area contributed by atoms with Gasteiger partial charge in [0.05, 0.1) is 18.2 Å². The minimum absolute atomic E-state index is 0. The van der Waals surface area contributed by atoms with Gasteiger partial charge in [-0.2, -0.15) is 10.5 Å². The van der Waals surface area contributed by atoms with Crippen molar-refractivity contribution in [1.82, 2.24) is 0 Å². The summed E-state index contributed by atoms with van der Waals surface area (Å²) in [6.07, 6.45) is 0.384. The maximum atomic E-state index is 12.8. The SMILES string of the molecule is C.CC(C#N)C(C)C1(C)C(=O)C(C)C(C)C(C)C1C.COC(C)C.COC1(OC)C(C)C(C)C(C)C(C)C1(C)C(C)C(C)C#N. The van der Waals surface area contributed by atoms with Crippen LogP contribution in [0.15, 0.2) is 0 Å². The highest BCUT2D eigenvalue weighted by molar-refractivity contribution is 5.88. The summed E-state index contributed by atoms with van der Waals surface area (Å²) < 4.78 is 16.8. The minimum Gasteiger partial charge on any atom is -0.382 e. The van der Waals surface area contributed by atoms with Crippen LogP contribution in [0.5, 0.6) is 0 Å². The Morgan fingerprint density at radius 2 is 1.00 bits per heavy atom. The minimum atomic E-state index is -0.650. The lowest BCUT2D eigenvalue weighted by atomic mass is 9.48. The van der Waals surface area contributed by atoms with Crippen molar-refractivity contribution in [2.45, 2.75) is 130 Å². The van der Waals surface area contributed by atoms with Gasteiger partial charge in [-0.05, 0) is 75.0 Å². The number of hydrogen-bond acceptors (Lipinski definition) is 6. The van der Waals surface area contributed by atoms with Crippen molar-refractivity contribution in [2.75, 3.05) is 21.3 Å². The van der Waals surface area contributed by atoms with Crippen LogP contribution in [0.3, 0.4) is 0 Å². The van der Waals surface area contributed by atoms with Gasteiger partial charge in [-0.1, -0.05) is 90.5 Å². The second-order valence-electron chi connectivity index (χ2n) is 15.3. The molecule has 2 fully saturated rings. The van der Waals surface area contributed by atoms with E-state index in [1.807, 2.05) is 27.7 Å². The van der Waals surface area contributed by atoms with Crippen LogP contribution < -0.4 is 0 Å². The topological polar surface area (TPSA) is 92.3 Å². The van der Waals surface area contributed by atoms with E-state index in [1.54, 1.807) is 21.3 Å². The number of carbonyl (C=O) groups excluding carboxylic acids is 1. The number of ketones is 1. The number of hydrogen-bond donors (Lipinski definition) is 0. The molecule has 0 N–H and O–H groups in total. The van der Waals surface area contributed by atoms with Crippen molar-refractivity contribution in [3.8, 4) is 12.1 Å².